The van der Waals surface area contributed by atoms with Gasteiger partial charge in [-0.05, 0) is 40.1 Å². The molecule has 1 heterocycles. The van der Waals surface area contributed by atoms with Gasteiger partial charge < -0.3 is 9.47 Å². The van der Waals surface area contributed by atoms with Gasteiger partial charge in [-0.25, -0.2) is 13.8 Å². The lowest BCUT2D eigenvalue weighted by Gasteiger charge is -2.22. The molecule has 0 spiro atoms. The molecule has 0 radical (unpaired) electrons. The summed E-state index contributed by atoms with van der Waals surface area (Å²) in [5.41, 5.74) is 0.610. The molecule has 0 bridgehead atoms. The molecule has 2 atom stereocenters. The van der Waals surface area contributed by atoms with Crippen molar-refractivity contribution < 1.29 is 8.78 Å². The fraction of sp³-hybridized carbons (Fsp3) is 0.500. The van der Waals surface area contributed by atoms with Crippen LogP contribution in [0.5, 0.6) is 0 Å². The number of alkyl halides is 1. The van der Waals surface area contributed by atoms with Crippen LogP contribution in [0.1, 0.15) is 31.1 Å². The summed E-state index contributed by atoms with van der Waals surface area (Å²) in [5, 5.41) is -0.380. The Morgan fingerprint density at radius 2 is 1.95 bits per heavy atom. The Balaban J connectivity index is 2.70. The van der Waals surface area contributed by atoms with E-state index in [0.717, 1.165) is 6.07 Å². The van der Waals surface area contributed by atoms with Gasteiger partial charge >= 0.3 is 0 Å². The molecule has 0 fully saturated rings. The fourth-order valence-electron chi connectivity index (χ4n) is 2.48. The van der Waals surface area contributed by atoms with Crippen molar-refractivity contribution in [2.45, 2.75) is 25.3 Å². The van der Waals surface area contributed by atoms with Crippen molar-refractivity contribution in [1.29, 1.82) is 0 Å². The molecule has 0 N–H and O–H groups in total. The molecule has 0 amide bonds. The maximum absolute atomic E-state index is 14.1. The number of hydrogen-bond donors (Lipinski definition) is 0. The van der Waals surface area contributed by atoms with Gasteiger partial charge in [0.25, 0.3) is 0 Å². The van der Waals surface area contributed by atoms with Crippen LogP contribution >= 0.6 is 11.6 Å². The van der Waals surface area contributed by atoms with Gasteiger partial charge in [-0.2, -0.15) is 0 Å². The van der Waals surface area contributed by atoms with Crippen molar-refractivity contribution in [3.63, 3.8) is 0 Å². The Kier molecular flexibility index (Phi) is 4.30. The van der Waals surface area contributed by atoms with Gasteiger partial charge in [-0.3, -0.25) is 0 Å². The molecule has 2 unspecified atom stereocenters. The van der Waals surface area contributed by atoms with Crippen LogP contribution in [0, 0.1) is 11.6 Å². The van der Waals surface area contributed by atoms with Gasteiger partial charge in [0.1, 0.15) is 11.3 Å². The van der Waals surface area contributed by atoms with Gasteiger partial charge in [0.15, 0.2) is 11.6 Å². The summed E-state index contributed by atoms with van der Waals surface area (Å²) < 4.78 is 29.3. The molecular weight excluding hydrogens is 284 g/mol. The van der Waals surface area contributed by atoms with E-state index in [1.54, 1.807) is 11.5 Å². The molecule has 20 heavy (non-hydrogen) atoms. The molecule has 1 aromatic carbocycles. The number of fused-ring (bicyclic) bond motifs is 1. The van der Waals surface area contributed by atoms with E-state index in [0.29, 0.717) is 17.9 Å². The topological polar surface area (TPSA) is 21.1 Å². The monoisotopic (exact) mass is 301 g/mol. The van der Waals surface area contributed by atoms with Crippen LogP contribution < -0.4 is 0 Å². The molecule has 0 aliphatic heterocycles. The summed E-state index contributed by atoms with van der Waals surface area (Å²) in [4.78, 5) is 6.33. The summed E-state index contributed by atoms with van der Waals surface area (Å²) in [5.74, 6) is -1.19. The van der Waals surface area contributed by atoms with E-state index in [1.807, 2.05) is 25.9 Å². The van der Waals surface area contributed by atoms with Crippen molar-refractivity contribution in [3.8, 4) is 0 Å². The second kappa shape index (κ2) is 5.66. The molecule has 3 nitrogen and oxygen atoms in total. The zero-order valence-corrected chi connectivity index (χ0v) is 12.7. The van der Waals surface area contributed by atoms with E-state index in [2.05, 4.69) is 4.98 Å². The summed E-state index contributed by atoms with van der Waals surface area (Å²) >= 11 is 6.14. The number of benzene rings is 1. The van der Waals surface area contributed by atoms with Gasteiger partial charge in [0.05, 0.1) is 10.9 Å². The number of likely N-dealkylation sites (N-methyl/N-ethyl adjacent to an activating group) is 1. The van der Waals surface area contributed by atoms with E-state index < -0.39 is 11.6 Å². The average Bonchev–Trinajstić information content (AvgIpc) is 2.73. The highest BCUT2D eigenvalue weighted by atomic mass is 35.5. The second-order valence-corrected chi connectivity index (χ2v) is 5.95. The van der Waals surface area contributed by atoms with Crippen molar-refractivity contribution in [1.82, 2.24) is 14.5 Å². The van der Waals surface area contributed by atoms with Crippen LogP contribution in [0.3, 0.4) is 0 Å². The van der Waals surface area contributed by atoms with E-state index in [-0.39, 0.29) is 16.9 Å². The Hall–Kier alpha value is -1.20. The smallest absolute Gasteiger partial charge is 0.184 e. The standard InChI is InChI=1S/C14H18ClF2N3/c1-8(7-19(3)4)20-13-11(18-14(20)9(2)15)6-5-10(16)12(13)17/h5-6,8-9H,7H2,1-4H3. The van der Waals surface area contributed by atoms with E-state index >= 15 is 0 Å². The lowest BCUT2D eigenvalue weighted by atomic mass is 10.2. The van der Waals surface area contributed by atoms with E-state index in [4.69, 9.17) is 11.6 Å². The van der Waals surface area contributed by atoms with Crippen LogP contribution in [-0.4, -0.2) is 35.1 Å². The van der Waals surface area contributed by atoms with Gasteiger partial charge in [0, 0.05) is 12.6 Å². The molecule has 2 rings (SSSR count). The summed E-state index contributed by atoms with van der Waals surface area (Å²) in [6.07, 6.45) is 0. The Morgan fingerprint density at radius 3 is 2.50 bits per heavy atom. The highest BCUT2D eigenvalue weighted by Crippen LogP contribution is 2.30. The van der Waals surface area contributed by atoms with Crippen molar-refractivity contribution in [2.75, 3.05) is 20.6 Å². The Bertz CT molecular complexity index is 622. The van der Waals surface area contributed by atoms with Gasteiger partial charge in [-0.1, -0.05) is 0 Å². The maximum atomic E-state index is 14.1. The maximum Gasteiger partial charge on any atom is 0.184 e. The number of nitrogens with zero attached hydrogens (tertiary/aromatic N) is 3. The molecule has 1 aromatic heterocycles. The van der Waals surface area contributed by atoms with Crippen molar-refractivity contribution in [2.24, 2.45) is 0 Å². The quantitative estimate of drug-likeness (QED) is 0.802. The molecule has 0 aliphatic rings. The van der Waals surface area contributed by atoms with Crippen molar-refractivity contribution in [3.05, 3.63) is 29.6 Å². The molecule has 0 aliphatic carbocycles. The van der Waals surface area contributed by atoms with Crippen LogP contribution in [0.2, 0.25) is 0 Å². The highest BCUT2D eigenvalue weighted by molar-refractivity contribution is 6.20. The zero-order valence-electron chi connectivity index (χ0n) is 12.0. The van der Waals surface area contributed by atoms with Crippen LogP contribution in [-0.2, 0) is 0 Å². The minimum absolute atomic E-state index is 0.0671. The van der Waals surface area contributed by atoms with Crippen molar-refractivity contribution >= 4 is 22.6 Å². The Morgan fingerprint density at radius 1 is 1.30 bits per heavy atom. The number of halogens is 3. The fourth-order valence-corrected chi connectivity index (χ4v) is 2.63. The number of hydrogen-bond acceptors (Lipinski definition) is 2. The van der Waals surface area contributed by atoms with Crippen LogP contribution in [0.15, 0.2) is 12.1 Å². The third-order valence-corrected chi connectivity index (χ3v) is 3.39. The normalized spacial score (nSPS) is 15.0. The van der Waals surface area contributed by atoms with E-state index in [1.165, 1.54) is 6.07 Å². The zero-order chi connectivity index (χ0) is 15.0. The largest absolute Gasteiger partial charge is 0.320 e. The summed E-state index contributed by atoms with van der Waals surface area (Å²) in [6, 6.07) is 2.51. The molecule has 2 aromatic rings. The molecule has 110 valence electrons. The second-order valence-electron chi connectivity index (χ2n) is 5.30. The Labute approximate surface area is 122 Å². The SMILES string of the molecule is CC(Cl)c1nc2ccc(F)c(F)c2n1C(C)CN(C)C. The van der Waals surface area contributed by atoms with Gasteiger partial charge in [0.2, 0.25) is 0 Å². The molecule has 0 saturated carbocycles. The third-order valence-electron chi connectivity index (χ3n) is 3.20. The predicted molar refractivity (Wildman–Crippen MR) is 77.2 cm³/mol. The first-order valence-electron chi connectivity index (χ1n) is 6.47. The first kappa shape index (κ1) is 15.2. The van der Waals surface area contributed by atoms with E-state index in [9.17, 15) is 8.78 Å². The number of imidazole rings is 1. The lowest BCUT2D eigenvalue weighted by molar-refractivity contribution is 0.335. The molecular formula is C14H18ClF2N3. The predicted octanol–water partition coefficient (Wildman–Crippen LogP) is 3.74. The number of rotatable bonds is 4. The first-order chi connectivity index (χ1) is 9.32. The minimum atomic E-state index is -0.871. The minimum Gasteiger partial charge on any atom is -0.320 e. The van der Waals surface area contributed by atoms with Crippen LogP contribution in [0.25, 0.3) is 11.0 Å². The lowest BCUT2D eigenvalue weighted by Crippen LogP contribution is -2.24. The van der Waals surface area contributed by atoms with Crippen LogP contribution in [0.4, 0.5) is 8.78 Å². The third kappa shape index (κ3) is 2.65. The average molecular weight is 302 g/mol. The highest BCUT2D eigenvalue weighted by Gasteiger charge is 2.23. The summed E-state index contributed by atoms with van der Waals surface area (Å²) in [6.45, 7) is 4.39. The molecule has 0 saturated heterocycles. The molecule has 6 heteroatoms. The number of aromatic nitrogens is 2. The summed E-state index contributed by atoms with van der Waals surface area (Å²) in [7, 11) is 3.85. The first-order valence-corrected chi connectivity index (χ1v) is 6.91. The van der Waals surface area contributed by atoms with Gasteiger partial charge in [-0.15, -0.1) is 11.6 Å².